The van der Waals surface area contributed by atoms with Crippen molar-refractivity contribution in [3.05, 3.63) is 65.5 Å². The number of amides is 2. The van der Waals surface area contributed by atoms with Crippen LogP contribution >= 0.6 is 0 Å². The Labute approximate surface area is 191 Å². The van der Waals surface area contributed by atoms with Crippen molar-refractivity contribution in [1.82, 2.24) is 15.1 Å². The molecule has 1 N–H and O–H groups in total. The third kappa shape index (κ3) is 8.57. The van der Waals surface area contributed by atoms with E-state index in [1.54, 1.807) is 29.2 Å². The fourth-order valence-corrected chi connectivity index (χ4v) is 3.74. The van der Waals surface area contributed by atoms with Crippen LogP contribution in [0.15, 0.2) is 48.5 Å². The van der Waals surface area contributed by atoms with E-state index >= 15 is 0 Å². The standard InChI is InChI=1S/C24H29F4N3O2/c1-30-12-10-20(11-13-30)16-31(15-19-2-6-21(25)7-3-19)23(32)29-14-18-4-8-22(9-5-18)33-17-24(26,27)28/h2-9,20H,10-17H2,1H3,(H,29,32). The molecule has 180 valence electrons. The van der Waals surface area contributed by atoms with Crippen LogP contribution in [0.2, 0.25) is 0 Å². The molecule has 0 spiro atoms. The van der Waals surface area contributed by atoms with Crippen molar-refractivity contribution in [2.75, 3.05) is 33.3 Å². The van der Waals surface area contributed by atoms with Gasteiger partial charge in [0, 0.05) is 19.6 Å². The van der Waals surface area contributed by atoms with Crippen LogP contribution in [-0.4, -0.2) is 55.3 Å². The van der Waals surface area contributed by atoms with E-state index in [2.05, 4.69) is 17.3 Å². The van der Waals surface area contributed by atoms with Crippen molar-refractivity contribution in [2.45, 2.75) is 32.1 Å². The van der Waals surface area contributed by atoms with E-state index in [1.807, 2.05) is 0 Å². The first kappa shape index (κ1) is 24.8. The highest BCUT2D eigenvalue weighted by molar-refractivity contribution is 5.74. The number of piperidine rings is 1. The Morgan fingerprint density at radius 2 is 1.67 bits per heavy atom. The summed E-state index contributed by atoms with van der Waals surface area (Å²) in [5.74, 6) is 0.174. The van der Waals surface area contributed by atoms with Crippen molar-refractivity contribution in [2.24, 2.45) is 5.92 Å². The zero-order chi connectivity index (χ0) is 23.8. The molecule has 2 aromatic carbocycles. The minimum atomic E-state index is -4.39. The predicted octanol–water partition coefficient (Wildman–Crippen LogP) is 4.82. The number of carbonyl (C=O) groups is 1. The fourth-order valence-electron chi connectivity index (χ4n) is 3.74. The van der Waals surface area contributed by atoms with Gasteiger partial charge < -0.3 is 19.9 Å². The minimum absolute atomic E-state index is 0.114. The van der Waals surface area contributed by atoms with Gasteiger partial charge in [-0.3, -0.25) is 0 Å². The number of hydrogen-bond donors (Lipinski definition) is 1. The van der Waals surface area contributed by atoms with Crippen LogP contribution in [-0.2, 0) is 13.1 Å². The maximum atomic E-state index is 13.3. The van der Waals surface area contributed by atoms with Gasteiger partial charge in [-0.25, -0.2) is 9.18 Å². The lowest BCUT2D eigenvalue weighted by atomic mass is 9.96. The van der Waals surface area contributed by atoms with Crippen molar-refractivity contribution in [3.63, 3.8) is 0 Å². The number of hydrogen-bond acceptors (Lipinski definition) is 3. The molecule has 2 aromatic rings. The van der Waals surface area contributed by atoms with Gasteiger partial charge in [0.1, 0.15) is 11.6 Å². The van der Waals surface area contributed by atoms with E-state index in [0.29, 0.717) is 19.0 Å². The van der Waals surface area contributed by atoms with E-state index in [4.69, 9.17) is 4.74 Å². The number of nitrogens with one attached hydrogen (secondary N) is 1. The average Bonchev–Trinajstić information content (AvgIpc) is 2.78. The monoisotopic (exact) mass is 467 g/mol. The van der Waals surface area contributed by atoms with Crippen molar-refractivity contribution < 1.29 is 27.1 Å². The van der Waals surface area contributed by atoms with E-state index in [9.17, 15) is 22.4 Å². The summed E-state index contributed by atoms with van der Waals surface area (Å²) in [6, 6.07) is 12.0. The molecule has 5 nitrogen and oxygen atoms in total. The number of halogens is 4. The molecule has 0 saturated carbocycles. The Morgan fingerprint density at radius 3 is 2.27 bits per heavy atom. The van der Waals surface area contributed by atoms with Gasteiger partial charge in [-0.05, 0) is 74.3 Å². The molecule has 1 fully saturated rings. The van der Waals surface area contributed by atoms with Gasteiger partial charge in [-0.2, -0.15) is 13.2 Å². The minimum Gasteiger partial charge on any atom is -0.484 e. The summed E-state index contributed by atoms with van der Waals surface area (Å²) >= 11 is 0. The molecular weight excluding hydrogens is 438 g/mol. The molecule has 0 aromatic heterocycles. The second-order valence-corrected chi connectivity index (χ2v) is 8.46. The third-order valence-corrected chi connectivity index (χ3v) is 5.66. The van der Waals surface area contributed by atoms with Crippen molar-refractivity contribution >= 4 is 6.03 Å². The maximum Gasteiger partial charge on any atom is 0.422 e. The first-order valence-corrected chi connectivity index (χ1v) is 10.9. The first-order valence-electron chi connectivity index (χ1n) is 10.9. The molecule has 1 aliphatic rings. The number of likely N-dealkylation sites (tertiary alicyclic amines) is 1. The molecule has 33 heavy (non-hydrogen) atoms. The predicted molar refractivity (Wildman–Crippen MR) is 117 cm³/mol. The van der Waals surface area contributed by atoms with E-state index in [1.165, 1.54) is 24.3 Å². The number of nitrogens with zero attached hydrogens (tertiary/aromatic N) is 2. The lowest BCUT2D eigenvalue weighted by Gasteiger charge is -2.33. The van der Waals surface area contributed by atoms with Gasteiger partial charge in [0.25, 0.3) is 0 Å². The summed E-state index contributed by atoms with van der Waals surface area (Å²) in [5, 5.41) is 2.89. The summed E-state index contributed by atoms with van der Waals surface area (Å²) in [7, 11) is 2.08. The largest absolute Gasteiger partial charge is 0.484 e. The fraction of sp³-hybridized carbons (Fsp3) is 0.458. The first-order chi connectivity index (χ1) is 15.7. The van der Waals surface area contributed by atoms with Crippen LogP contribution in [0.4, 0.5) is 22.4 Å². The van der Waals surface area contributed by atoms with Gasteiger partial charge >= 0.3 is 12.2 Å². The lowest BCUT2D eigenvalue weighted by Crippen LogP contribution is -2.43. The zero-order valence-corrected chi connectivity index (χ0v) is 18.6. The molecule has 0 unspecified atom stereocenters. The number of carbonyl (C=O) groups excluding carboxylic acids is 1. The Morgan fingerprint density at radius 1 is 1.06 bits per heavy atom. The normalized spacial score (nSPS) is 15.3. The molecule has 0 aliphatic carbocycles. The number of rotatable bonds is 8. The topological polar surface area (TPSA) is 44.8 Å². The molecule has 2 amide bonds. The SMILES string of the molecule is CN1CCC(CN(Cc2ccc(F)cc2)C(=O)NCc2ccc(OCC(F)(F)F)cc2)CC1. The molecule has 0 radical (unpaired) electrons. The van der Waals surface area contributed by atoms with Gasteiger partial charge in [0.2, 0.25) is 0 Å². The molecule has 1 heterocycles. The maximum absolute atomic E-state index is 13.3. The van der Waals surface area contributed by atoms with Gasteiger partial charge in [-0.15, -0.1) is 0 Å². The highest BCUT2D eigenvalue weighted by atomic mass is 19.4. The van der Waals surface area contributed by atoms with Crippen LogP contribution in [0.25, 0.3) is 0 Å². The molecule has 0 atom stereocenters. The van der Waals surface area contributed by atoms with E-state index in [-0.39, 0.29) is 24.1 Å². The molecular formula is C24H29F4N3O2. The van der Waals surface area contributed by atoms with Crippen molar-refractivity contribution in [3.8, 4) is 5.75 Å². The zero-order valence-electron chi connectivity index (χ0n) is 18.6. The lowest BCUT2D eigenvalue weighted by molar-refractivity contribution is -0.153. The quantitative estimate of drug-likeness (QED) is 0.567. The average molecular weight is 468 g/mol. The summed E-state index contributed by atoms with van der Waals surface area (Å²) in [6.45, 7) is 1.81. The van der Waals surface area contributed by atoms with Crippen LogP contribution in [0.1, 0.15) is 24.0 Å². The van der Waals surface area contributed by atoms with Crippen LogP contribution < -0.4 is 10.1 Å². The summed E-state index contributed by atoms with van der Waals surface area (Å²) in [6.07, 6.45) is -2.39. The molecule has 9 heteroatoms. The molecule has 1 saturated heterocycles. The molecule has 3 rings (SSSR count). The van der Waals surface area contributed by atoms with Crippen LogP contribution in [0.3, 0.4) is 0 Å². The van der Waals surface area contributed by atoms with Crippen LogP contribution in [0.5, 0.6) is 5.75 Å². The second-order valence-electron chi connectivity index (χ2n) is 8.46. The van der Waals surface area contributed by atoms with Gasteiger partial charge in [0.15, 0.2) is 6.61 Å². The Bertz CT molecular complexity index is 880. The molecule has 1 aliphatic heterocycles. The smallest absolute Gasteiger partial charge is 0.422 e. The van der Waals surface area contributed by atoms with Crippen molar-refractivity contribution in [1.29, 1.82) is 0 Å². The highest BCUT2D eigenvalue weighted by Crippen LogP contribution is 2.20. The Hall–Kier alpha value is -2.81. The Kier molecular flexibility index (Phi) is 8.55. The highest BCUT2D eigenvalue weighted by Gasteiger charge is 2.28. The summed E-state index contributed by atoms with van der Waals surface area (Å²) in [5.41, 5.74) is 1.58. The van der Waals surface area contributed by atoms with Gasteiger partial charge in [-0.1, -0.05) is 24.3 Å². The molecule has 0 bridgehead atoms. The number of ether oxygens (including phenoxy) is 1. The summed E-state index contributed by atoms with van der Waals surface area (Å²) in [4.78, 5) is 17.0. The van der Waals surface area contributed by atoms with E-state index in [0.717, 1.165) is 37.1 Å². The number of urea groups is 1. The van der Waals surface area contributed by atoms with E-state index < -0.39 is 12.8 Å². The third-order valence-electron chi connectivity index (χ3n) is 5.66. The van der Waals surface area contributed by atoms with Crippen LogP contribution in [0, 0.1) is 11.7 Å². The second kappa shape index (κ2) is 11.4. The van der Waals surface area contributed by atoms with Gasteiger partial charge in [0.05, 0.1) is 0 Å². The number of alkyl halides is 3. The Balaban J connectivity index is 1.58. The number of benzene rings is 2. The summed E-state index contributed by atoms with van der Waals surface area (Å²) < 4.78 is 54.8.